The average molecular weight is 399 g/mol. The van der Waals surface area contributed by atoms with Crippen LogP contribution in [0.1, 0.15) is 10.4 Å². The summed E-state index contributed by atoms with van der Waals surface area (Å²) in [6.07, 6.45) is -3.81. The highest BCUT2D eigenvalue weighted by atomic mass is 79.9. The normalized spacial score (nSPS) is 11.9. The Labute approximate surface area is 115 Å². The van der Waals surface area contributed by atoms with Crippen molar-refractivity contribution in [2.24, 2.45) is 0 Å². The summed E-state index contributed by atoms with van der Waals surface area (Å²) in [5, 5.41) is 1.76. The molecule has 0 radical (unpaired) electrons. The zero-order valence-electron chi connectivity index (χ0n) is 7.95. The summed E-state index contributed by atoms with van der Waals surface area (Å²) in [6.45, 7) is -1.40. The van der Waals surface area contributed by atoms with Gasteiger partial charge in [-0.1, -0.05) is 0 Å². The van der Waals surface area contributed by atoms with Crippen molar-refractivity contribution in [3.8, 4) is 0 Å². The van der Waals surface area contributed by atoms with Gasteiger partial charge in [0.1, 0.15) is 0 Å². The van der Waals surface area contributed by atoms with Crippen LogP contribution in [0.2, 0.25) is 0 Å². The lowest BCUT2D eigenvalue weighted by Crippen LogP contribution is -2.41. The third kappa shape index (κ3) is 3.92. The predicted octanol–water partition coefficient (Wildman–Crippen LogP) is 3.90. The first kappa shape index (κ1) is 14.9. The van der Waals surface area contributed by atoms with Crippen molar-refractivity contribution in [3.05, 3.63) is 19.2 Å². The van der Waals surface area contributed by atoms with Gasteiger partial charge in [-0.15, -0.1) is 11.3 Å². The first-order valence-electron chi connectivity index (χ1n) is 4.13. The molecule has 2 nitrogen and oxygen atoms in total. The summed E-state index contributed by atoms with van der Waals surface area (Å²) in [6, 6.07) is 1.41. The van der Waals surface area contributed by atoms with Gasteiger partial charge in [0.15, 0.2) is 0 Å². The highest BCUT2D eigenvalue weighted by molar-refractivity contribution is 9.12. The molecule has 0 saturated carbocycles. The van der Waals surface area contributed by atoms with Crippen molar-refractivity contribution in [1.29, 1.82) is 0 Å². The Balaban J connectivity index is 2.65. The maximum absolute atomic E-state index is 12.5. The number of halogens is 6. The van der Waals surface area contributed by atoms with E-state index < -0.39 is 24.8 Å². The lowest BCUT2D eigenvalue weighted by Gasteiger charge is -2.15. The van der Waals surface area contributed by atoms with Gasteiger partial charge in [0.25, 0.3) is 5.91 Å². The van der Waals surface area contributed by atoms with E-state index in [0.717, 1.165) is 0 Å². The van der Waals surface area contributed by atoms with Gasteiger partial charge in [-0.25, -0.2) is 8.78 Å². The van der Waals surface area contributed by atoms with E-state index in [9.17, 15) is 22.4 Å². The van der Waals surface area contributed by atoms with Gasteiger partial charge < -0.3 is 5.32 Å². The molecule has 0 bridgehead atoms. The second-order valence-electron chi connectivity index (χ2n) is 2.98. The number of carbonyl (C=O) groups excluding carboxylic acids is 1. The predicted molar refractivity (Wildman–Crippen MR) is 63.0 cm³/mol. The highest BCUT2D eigenvalue weighted by Crippen LogP contribution is 2.32. The van der Waals surface area contributed by atoms with Gasteiger partial charge in [0.05, 0.1) is 19.7 Å². The molecule has 1 amide bonds. The Morgan fingerprint density at radius 2 is 2.06 bits per heavy atom. The van der Waals surface area contributed by atoms with Gasteiger partial charge in [0.2, 0.25) is 0 Å². The molecule has 0 aliphatic heterocycles. The molecule has 1 aromatic rings. The zero-order chi connectivity index (χ0) is 13.2. The van der Waals surface area contributed by atoms with E-state index in [-0.39, 0.29) is 5.56 Å². The minimum absolute atomic E-state index is 0.118. The summed E-state index contributed by atoms with van der Waals surface area (Å²) in [5.41, 5.74) is 0.118. The van der Waals surface area contributed by atoms with Gasteiger partial charge in [-0.2, -0.15) is 8.78 Å². The number of hydrogen-bond donors (Lipinski definition) is 1. The van der Waals surface area contributed by atoms with E-state index >= 15 is 0 Å². The minimum atomic E-state index is -4.23. The van der Waals surface area contributed by atoms with Crippen LogP contribution in [-0.2, 0) is 0 Å². The third-order valence-corrected chi connectivity index (χ3v) is 4.04. The summed E-state index contributed by atoms with van der Waals surface area (Å²) in [5.74, 6) is -5.06. The quantitative estimate of drug-likeness (QED) is 0.765. The summed E-state index contributed by atoms with van der Waals surface area (Å²) in [4.78, 5) is 11.4. The standard InChI is InChI=1S/C8H5Br2F4NOS/c9-4-1-3(5(10)17-4)6(16)15-2-8(13,14)7(11)12/h1,7H,2H2,(H,15,16). The lowest BCUT2D eigenvalue weighted by atomic mass is 10.3. The number of carbonyl (C=O) groups is 1. The molecule has 0 spiro atoms. The van der Waals surface area contributed by atoms with Crippen molar-refractivity contribution in [2.45, 2.75) is 12.3 Å². The van der Waals surface area contributed by atoms with Crippen molar-refractivity contribution >= 4 is 49.1 Å². The van der Waals surface area contributed by atoms with Gasteiger partial charge in [-0.05, 0) is 37.9 Å². The molecule has 0 unspecified atom stereocenters. The molecule has 1 N–H and O–H groups in total. The van der Waals surface area contributed by atoms with E-state index in [4.69, 9.17) is 0 Å². The van der Waals surface area contributed by atoms with Crippen LogP contribution >= 0.6 is 43.2 Å². The van der Waals surface area contributed by atoms with Crippen LogP contribution in [0.4, 0.5) is 17.6 Å². The van der Waals surface area contributed by atoms with Crippen LogP contribution in [-0.4, -0.2) is 24.8 Å². The highest BCUT2D eigenvalue weighted by Gasteiger charge is 2.41. The van der Waals surface area contributed by atoms with Gasteiger partial charge >= 0.3 is 12.3 Å². The van der Waals surface area contributed by atoms with E-state index in [1.165, 1.54) is 17.4 Å². The molecule has 9 heteroatoms. The Hall–Kier alpha value is -0.150. The molecule has 1 aromatic heterocycles. The fourth-order valence-corrected chi connectivity index (χ4v) is 3.66. The fraction of sp³-hybridized carbons (Fsp3) is 0.375. The number of nitrogens with one attached hydrogen (secondary N) is 1. The van der Waals surface area contributed by atoms with Crippen molar-refractivity contribution in [2.75, 3.05) is 6.54 Å². The van der Waals surface area contributed by atoms with Gasteiger partial charge in [0, 0.05) is 0 Å². The fourth-order valence-electron chi connectivity index (χ4n) is 0.866. The van der Waals surface area contributed by atoms with Crippen LogP contribution < -0.4 is 5.32 Å². The molecule has 1 heterocycles. The molecular formula is C8H5Br2F4NOS. The number of thiophene rings is 1. The van der Waals surface area contributed by atoms with Crippen LogP contribution in [0.5, 0.6) is 0 Å². The monoisotopic (exact) mass is 397 g/mol. The Morgan fingerprint density at radius 1 is 1.47 bits per heavy atom. The summed E-state index contributed by atoms with van der Waals surface area (Å²) < 4.78 is 49.8. The Bertz CT molecular complexity index is 424. The molecular weight excluding hydrogens is 394 g/mol. The maximum Gasteiger partial charge on any atom is 0.324 e. The molecule has 0 aromatic carbocycles. The molecule has 0 atom stereocenters. The van der Waals surface area contributed by atoms with E-state index in [1.54, 1.807) is 5.32 Å². The first-order valence-corrected chi connectivity index (χ1v) is 6.53. The molecule has 0 aliphatic carbocycles. The Morgan fingerprint density at radius 3 is 2.47 bits per heavy atom. The molecule has 0 aliphatic rings. The van der Waals surface area contributed by atoms with Crippen LogP contribution in [0.25, 0.3) is 0 Å². The molecule has 0 fully saturated rings. The van der Waals surface area contributed by atoms with Crippen LogP contribution in [0, 0.1) is 0 Å². The second kappa shape index (κ2) is 5.66. The number of hydrogen-bond acceptors (Lipinski definition) is 2. The van der Waals surface area contributed by atoms with Crippen molar-refractivity contribution in [3.63, 3.8) is 0 Å². The van der Waals surface area contributed by atoms with E-state index in [1.807, 2.05) is 0 Å². The number of alkyl halides is 4. The largest absolute Gasteiger partial charge is 0.346 e. The second-order valence-corrected chi connectivity index (χ2v) is 6.73. The molecule has 1 rings (SSSR count). The lowest BCUT2D eigenvalue weighted by molar-refractivity contribution is -0.123. The maximum atomic E-state index is 12.5. The van der Waals surface area contributed by atoms with Crippen LogP contribution in [0.3, 0.4) is 0 Å². The first-order chi connectivity index (χ1) is 7.74. The summed E-state index contributed by atoms with van der Waals surface area (Å²) in [7, 11) is 0. The molecule has 0 saturated heterocycles. The smallest absolute Gasteiger partial charge is 0.324 e. The topological polar surface area (TPSA) is 29.1 Å². The SMILES string of the molecule is O=C(NCC(F)(F)C(F)F)c1cc(Br)sc1Br. The molecule has 17 heavy (non-hydrogen) atoms. The van der Waals surface area contributed by atoms with E-state index in [2.05, 4.69) is 31.9 Å². The van der Waals surface area contributed by atoms with Gasteiger partial charge in [-0.3, -0.25) is 4.79 Å². The van der Waals surface area contributed by atoms with Crippen molar-refractivity contribution in [1.82, 2.24) is 5.32 Å². The summed E-state index contributed by atoms with van der Waals surface area (Å²) >= 11 is 7.34. The number of amides is 1. The minimum Gasteiger partial charge on any atom is -0.346 e. The third-order valence-electron chi connectivity index (χ3n) is 1.71. The number of rotatable bonds is 4. The van der Waals surface area contributed by atoms with Crippen molar-refractivity contribution < 1.29 is 22.4 Å². The average Bonchev–Trinajstić information content (AvgIpc) is 2.54. The van der Waals surface area contributed by atoms with Crippen LogP contribution in [0.15, 0.2) is 13.6 Å². The Kier molecular flexibility index (Phi) is 4.96. The zero-order valence-corrected chi connectivity index (χ0v) is 11.9. The molecule has 96 valence electrons. The van der Waals surface area contributed by atoms with E-state index in [0.29, 0.717) is 7.57 Å².